The van der Waals surface area contributed by atoms with Gasteiger partial charge in [0, 0.05) is 12.3 Å². The topological polar surface area (TPSA) is 17.1 Å². The van der Waals surface area contributed by atoms with Gasteiger partial charge in [-0.15, -0.1) is 0 Å². The average molecular weight is 122 g/mol. The van der Waals surface area contributed by atoms with Crippen LogP contribution in [0.25, 0.3) is 0 Å². The van der Waals surface area contributed by atoms with Gasteiger partial charge in [-0.3, -0.25) is 4.79 Å². The zero-order valence-corrected chi connectivity index (χ0v) is 5.50. The van der Waals surface area contributed by atoms with Crippen LogP contribution in [0.2, 0.25) is 0 Å². The molecule has 0 aliphatic heterocycles. The summed E-state index contributed by atoms with van der Waals surface area (Å²) >= 11 is 0. The molecule has 0 N–H and O–H groups in total. The first-order chi connectivity index (χ1) is 4.29. The molecule has 9 heavy (non-hydrogen) atoms. The lowest BCUT2D eigenvalue weighted by Crippen LogP contribution is -2.06. The second-order valence-electron chi connectivity index (χ2n) is 3.10. The Morgan fingerprint density at radius 1 is 1.56 bits per heavy atom. The molecule has 48 valence electrons. The van der Waals surface area contributed by atoms with E-state index in [1.807, 2.05) is 0 Å². The lowest BCUT2D eigenvalue weighted by molar-refractivity contribution is -0.120. The molecule has 2 aliphatic rings. The van der Waals surface area contributed by atoms with Gasteiger partial charge in [-0.25, -0.2) is 0 Å². The standard InChI is InChI=1S/C8H10O/c1-5-6-2-3-7(5)8(9)4-6/h2-3,5-7H,4H2,1H3/t5-,6-,7-/m0/s1. The van der Waals surface area contributed by atoms with Crippen LogP contribution in [0.1, 0.15) is 13.3 Å². The van der Waals surface area contributed by atoms with Crippen molar-refractivity contribution >= 4 is 5.78 Å². The highest BCUT2D eigenvalue weighted by molar-refractivity contribution is 5.87. The highest BCUT2D eigenvalue weighted by atomic mass is 16.1. The monoisotopic (exact) mass is 122 g/mol. The Labute approximate surface area is 54.8 Å². The van der Waals surface area contributed by atoms with E-state index >= 15 is 0 Å². The molecule has 2 bridgehead atoms. The molecule has 0 aromatic heterocycles. The summed E-state index contributed by atoms with van der Waals surface area (Å²) in [5, 5.41) is 0. The van der Waals surface area contributed by atoms with Gasteiger partial charge >= 0.3 is 0 Å². The van der Waals surface area contributed by atoms with Crippen molar-refractivity contribution in [2.75, 3.05) is 0 Å². The van der Waals surface area contributed by atoms with E-state index in [0.29, 0.717) is 17.6 Å². The van der Waals surface area contributed by atoms with Gasteiger partial charge < -0.3 is 0 Å². The Morgan fingerprint density at radius 3 is 2.56 bits per heavy atom. The fourth-order valence-corrected chi connectivity index (χ4v) is 1.90. The number of carbonyl (C=O) groups excluding carboxylic acids is 1. The van der Waals surface area contributed by atoms with Gasteiger partial charge in [0.05, 0.1) is 0 Å². The Balaban J connectivity index is 2.35. The maximum absolute atomic E-state index is 11.0. The van der Waals surface area contributed by atoms with E-state index in [-0.39, 0.29) is 5.92 Å². The molecule has 2 rings (SSSR count). The Bertz CT molecular complexity index is 181. The zero-order chi connectivity index (χ0) is 6.43. The van der Waals surface area contributed by atoms with Crippen molar-refractivity contribution < 1.29 is 4.79 Å². The SMILES string of the molecule is C[C@@H]1[C@@H]2C=C[C@H]1CC2=O. The number of hydrogen-bond donors (Lipinski definition) is 0. The summed E-state index contributed by atoms with van der Waals surface area (Å²) in [6, 6.07) is 0. The number of ketones is 1. The van der Waals surface area contributed by atoms with Crippen LogP contribution >= 0.6 is 0 Å². The Kier molecular flexibility index (Phi) is 0.850. The highest BCUT2D eigenvalue weighted by Crippen LogP contribution is 2.41. The van der Waals surface area contributed by atoms with E-state index in [4.69, 9.17) is 0 Å². The van der Waals surface area contributed by atoms with Crippen LogP contribution in [0.15, 0.2) is 12.2 Å². The molecule has 1 saturated carbocycles. The van der Waals surface area contributed by atoms with Crippen LogP contribution in [-0.4, -0.2) is 5.78 Å². The van der Waals surface area contributed by atoms with Crippen LogP contribution in [0, 0.1) is 17.8 Å². The van der Waals surface area contributed by atoms with Crippen LogP contribution in [0.4, 0.5) is 0 Å². The van der Waals surface area contributed by atoms with Gasteiger partial charge in [0.25, 0.3) is 0 Å². The predicted octanol–water partition coefficient (Wildman–Crippen LogP) is 1.40. The fraction of sp³-hybridized carbons (Fsp3) is 0.625. The minimum atomic E-state index is 0.287. The first-order valence-electron chi connectivity index (χ1n) is 3.50. The number of Topliss-reactive ketones (excluding diaryl/α,β-unsaturated/α-hetero) is 1. The summed E-state index contributed by atoms with van der Waals surface area (Å²) in [4.78, 5) is 11.0. The van der Waals surface area contributed by atoms with E-state index in [1.165, 1.54) is 0 Å². The van der Waals surface area contributed by atoms with Crippen LogP contribution in [-0.2, 0) is 4.79 Å². The lowest BCUT2D eigenvalue weighted by Gasteiger charge is -2.03. The molecule has 1 nitrogen and oxygen atoms in total. The maximum Gasteiger partial charge on any atom is 0.140 e. The summed E-state index contributed by atoms with van der Waals surface area (Å²) in [5.41, 5.74) is 0. The molecule has 0 aromatic carbocycles. The predicted molar refractivity (Wildman–Crippen MR) is 34.9 cm³/mol. The molecule has 0 unspecified atom stereocenters. The molecule has 2 aliphatic carbocycles. The molecule has 0 heterocycles. The largest absolute Gasteiger partial charge is 0.299 e. The second-order valence-corrected chi connectivity index (χ2v) is 3.10. The molecular formula is C8H10O. The third-order valence-electron chi connectivity index (χ3n) is 2.62. The zero-order valence-electron chi connectivity index (χ0n) is 5.50. The molecule has 3 atom stereocenters. The van der Waals surface area contributed by atoms with E-state index in [0.717, 1.165) is 6.42 Å². The van der Waals surface area contributed by atoms with Crippen molar-refractivity contribution in [2.45, 2.75) is 13.3 Å². The van der Waals surface area contributed by atoms with Gasteiger partial charge in [-0.2, -0.15) is 0 Å². The summed E-state index contributed by atoms with van der Waals surface area (Å²) in [6.45, 7) is 2.17. The van der Waals surface area contributed by atoms with E-state index in [1.54, 1.807) is 0 Å². The van der Waals surface area contributed by atoms with Crippen molar-refractivity contribution in [3.63, 3.8) is 0 Å². The van der Waals surface area contributed by atoms with E-state index in [9.17, 15) is 4.79 Å². The van der Waals surface area contributed by atoms with Gasteiger partial charge in [0.1, 0.15) is 5.78 Å². The molecular weight excluding hydrogens is 112 g/mol. The fourth-order valence-electron chi connectivity index (χ4n) is 1.90. The minimum absolute atomic E-state index is 0.287. The molecule has 0 radical (unpaired) electrons. The summed E-state index contributed by atoms with van der Waals surface area (Å²) in [7, 11) is 0. The third-order valence-corrected chi connectivity index (χ3v) is 2.62. The van der Waals surface area contributed by atoms with Crippen molar-refractivity contribution in [1.29, 1.82) is 0 Å². The van der Waals surface area contributed by atoms with Gasteiger partial charge in [-0.05, 0) is 11.8 Å². The Hall–Kier alpha value is -0.590. The van der Waals surface area contributed by atoms with E-state index in [2.05, 4.69) is 19.1 Å². The van der Waals surface area contributed by atoms with Crippen molar-refractivity contribution in [1.82, 2.24) is 0 Å². The summed E-state index contributed by atoms with van der Waals surface area (Å²) in [5.74, 6) is 1.94. The molecule has 0 aromatic rings. The summed E-state index contributed by atoms with van der Waals surface area (Å²) in [6.07, 6.45) is 5.07. The maximum atomic E-state index is 11.0. The number of fused-ring (bicyclic) bond motifs is 2. The minimum Gasteiger partial charge on any atom is -0.299 e. The number of rotatable bonds is 0. The van der Waals surface area contributed by atoms with Crippen LogP contribution in [0.3, 0.4) is 0 Å². The second kappa shape index (κ2) is 1.47. The van der Waals surface area contributed by atoms with Gasteiger partial charge in [-0.1, -0.05) is 19.1 Å². The number of hydrogen-bond acceptors (Lipinski definition) is 1. The van der Waals surface area contributed by atoms with Crippen molar-refractivity contribution in [3.05, 3.63) is 12.2 Å². The van der Waals surface area contributed by atoms with Crippen LogP contribution < -0.4 is 0 Å². The van der Waals surface area contributed by atoms with Gasteiger partial charge in [0.2, 0.25) is 0 Å². The number of carbonyl (C=O) groups is 1. The molecule has 1 fully saturated rings. The first kappa shape index (κ1) is 5.21. The molecule has 0 saturated heterocycles. The first-order valence-corrected chi connectivity index (χ1v) is 3.50. The summed E-state index contributed by atoms with van der Waals surface area (Å²) < 4.78 is 0. The third kappa shape index (κ3) is 0.521. The Morgan fingerprint density at radius 2 is 2.33 bits per heavy atom. The van der Waals surface area contributed by atoms with Crippen LogP contribution in [0.5, 0.6) is 0 Å². The molecule has 0 spiro atoms. The normalized spacial score (nSPS) is 46.8. The van der Waals surface area contributed by atoms with E-state index < -0.39 is 0 Å². The van der Waals surface area contributed by atoms with Crippen molar-refractivity contribution in [2.24, 2.45) is 17.8 Å². The van der Waals surface area contributed by atoms with Crippen molar-refractivity contribution in [3.8, 4) is 0 Å². The lowest BCUT2D eigenvalue weighted by atomic mass is 9.99. The average Bonchev–Trinajstić information content (AvgIpc) is 2.25. The molecule has 1 heteroatoms. The molecule has 0 amide bonds. The number of allylic oxidation sites excluding steroid dienone is 2. The smallest absolute Gasteiger partial charge is 0.140 e. The van der Waals surface area contributed by atoms with Gasteiger partial charge in [0.15, 0.2) is 0 Å². The highest BCUT2D eigenvalue weighted by Gasteiger charge is 2.40. The quantitative estimate of drug-likeness (QED) is 0.444.